The standard InChI is InChI=1S/C56H36NOPS/c58-59(40-18-6-2-7-19-40,41-20-8-3-9-21-41)42-31-28-37(29-32-42)39-30-35-50-45(36-39)53-44(55(57-50)38-16-4-1-5-17-38)33-34-49-54(53)43-22-10-11-23-46(43)56(49)47-24-12-14-26-51(47)60-52-27-15-13-25-48(52)56/h1-36H. The van der Waals surface area contributed by atoms with E-state index in [1.54, 1.807) is 0 Å². The molecule has 0 atom stereocenters. The fourth-order valence-corrected chi connectivity index (χ4v) is 13.9. The highest BCUT2D eigenvalue weighted by molar-refractivity contribution is 7.99. The van der Waals surface area contributed by atoms with Gasteiger partial charge in [0.1, 0.15) is 0 Å². The first kappa shape index (κ1) is 35.2. The minimum Gasteiger partial charge on any atom is -0.309 e. The predicted octanol–water partition coefficient (Wildman–Crippen LogP) is 13.2. The van der Waals surface area contributed by atoms with Crippen LogP contribution in [0.4, 0.5) is 0 Å². The lowest BCUT2D eigenvalue weighted by Crippen LogP contribution is -2.31. The normalized spacial score (nSPS) is 13.5. The van der Waals surface area contributed by atoms with Gasteiger partial charge in [0.15, 0.2) is 7.14 Å². The SMILES string of the molecule is O=P(c1ccccc1)(c1ccccc1)c1ccc(-c2ccc3nc(-c4ccccc4)c4ccc5c(c4c3c2)-c2ccccc2C52c3ccccc3Sc3ccccc32)cc1. The molecule has 0 saturated carbocycles. The summed E-state index contributed by atoms with van der Waals surface area (Å²) in [6.45, 7) is 0. The van der Waals surface area contributed by atoms with Gasteiger partial charge in [0, 0.05) is 47.4 Å². The quantitative estimate of drug-likeness (QED) is 0.128. The topological polar surface area (TPSA) is 30.0 Å². The second-order valence-electron chi connectivity index (χ2n) is 15.7. The minimum absolute atomic E-state index is 0.486. The van der Waals surface area contributed by atoms with Crippen LogP contribution in [0.25, 0.3) is 55.2 Å². The van der Waals surface area contributed by atoms with Gasteiger partial charge in [0.25, 0.3) is 0 Å². The fraction of sp³-hybridized carbons (Fsp3) is 0.0179. The minimum atomic E-state index is -3.11. The summed E-state index contributed by atoms with van der Waals surface area (Å²) in [6, 6.07) is 77.2. The summed E-state index contributed by atoms with van der Waals surface area (Å²) in [5.74, 6) is 0. The molecule has 10 aromatic rings. The Labute approximate surface area is 353 Å². The molecule has 1 spiro atoms. The van der Waals surface area contributed by atoms with Crippen molar-refractivity contribution in [3.05, 3.63) is 241 Å². The smallest absolute Gasteiger partial charge is 0.171 e. The lowest BCUT2D eigenvalue weighted by molar-refractivity contribution is 0.592. The number of fused-ring (bicyclic) bond motifs is 13. The summed E-state index contributed by atoms with van der Waals surface area (Å²) >= 11 is 1.87. The van der Waals surface area contributed by atoms with Crippen molar-refractivity contribution in [1.82, 2.24) is 4.98 Å². The molecule has 60 heavy (non-hydrogen) atoms. The molecular weight excluding hydrogens is 766 g/mol. The van der Waals surface area contributed by atoms with Crippen molar-refractivity contribution in [1.29, 1.82) is 0 Å². The van der Waals surface area contributed by atoms with Crippen molar-refractivity contribution >= 4 is 56.5 Å². The summed E-state index contributed by atoms with van der Waals surface area (Å²) < 4.78 is 15.2. The molecule has 1 aromatic heterocycles. The van der Waals surface area contributed by atoms with Gasteiger partial charge in [-0.3, -0.25) is 0 Å². The Bertz CT molecular complexity index is 3280. The Hall–Kier alpha value is -6.77. The molecule has 12 rings (SSSR count). The fourth-order valence-electron chi connectivity index (χ4n) is 10.0. The van der Waals surface area contributed by atoms with Gasteiger partial charge >= 0.3 is 0 Å². The van der Waals surface area contributed by atoms with E-state index in [9.17, 15) is 0 Å². The molecule has 0 fully saturated rings. The molecule has 282 valence electrons. The number of hydrogen-bond donors (Lipinski definition) is 0. The molecule has 0 radical (unpaired) electrons. The van der Waals surface area contributed by atoms with E-state index in [1.165, 1.54) is 48.6 Å². The van der Waals surface area contributed by atoms with Crippen molar-refractivity contribution in [2.45, 2.75) is 15.2 Å². The summed E-state index contributed by atoms with van der Waals surface area (Å²) in [5, 5.41) is 5.93. The predicted molar refractivity (Wildman–Crippen MR) is 251 cm³/mol. The van der Waals surface area contributed by atoms with Gasteiger partial charge in [-0.05, 0) is 68.8 Å². The van der Waals surface area contributed by atoms with Crippen LogP contribution < -0.4 is 15.9 Å². The van der Waals surface area contributed by atoms with Crippen molar-refractivity contribution < 1.29 is 4.57 Å². The van der Waals surface area contributed by atoms with Crippen LogP contribution >= 0.6 is 18.9 Å². The molecule has 2 aliphatic rings. The van der Waals surface area contributed by atoms with Crippen LogP contribution in [0.15, 0.2) is 228 Å². The third-order valence-corrected chi connectivity index (χ3v) is 16.8. The monoisotopic (exact) mass is 801 g/mol. The number of hydrogen-bond acceptors (Lipinski definition) is 3. The zero-order valence-corrected chi connectivity index (χ0v) is 34.2. The summed E-state index contributed by atoms with van der Waals surface area (Å²) in [6.07, 6.45) is 0. The molecule has 0 N–H and O–H groups in total. The molecule has 0 amide bonds. The van der Waals surface area contributed by atoms with E-state index in [-0.39, 0.29) is 0 Å². The second-order valence-corrected chi connectivity index (χ2v) is 19.5. The molecule has 2 nitrogen and oxygen atoms in total. The molecule has 4 heteroatoms. The van der Waals surface area contributed by atoms with E-state index in [0.29, 0.717) is 0 Å². The number of nitrogens with zero attached hydrogens (tertiary/aromatic N) is 1. The highest BCUT2D eigenvalue weighted by Crippen LogP contribution is 2.63. The van der Waals surface area contributed by atoms with Crippen molar-refractivity contribution in [3.8, 4) is 33.5 Å². The van der Waals surface area contributed by atoms with E-state index in [2.05, 4.69) is 158 Å². The Balaban J connectivity index is 1.12. The van der Waals surface area contributed by atoms with Crippen LogP contribution in [0.1, 0.15) is 22.3 Å². The lowest BCUT2D eigenvalue weighted by atomic mass is 9.67. The largest absolute Gasteiger partial charge is 0.309 e. The lowest BCUT2D eigenvalue weighted by Gasteiger charge is -2.39. The van der Waals surface area contributed by atoms with Crippen molar-refractivity contribution in [2.75, 3.05) is 0 Å². The first-order valence-corrected chi connectivity index (χ1v) is 22.9. The van der Waals surface area contributed by atoms with Crippen LogP contribution in [0, 0.1) is 0 Å². The van der Waals surface area contributed by atoms with Gasteiger partial charge in [-0.1, -0.05) is 206 Å². The molecule has 2 heterocycles. The molecule has 1 aliphatic heterocycles. The van der Waals surface area contributed by atoms with Gasteiger partial charge in [-0.15, -0.1) is 0 Å². The molecule has 9 aromatic carbocycles. The van der Waals surface area contributed by atoms with Gasteiger partial charge in [0.05, 0.1) is 16.6 Å². The highest BCUT2D eigenvalue weighted by atomic mass is 32.2. The maximum atomic E-state index is 15.2. The molecule has 0 saturated heterocycles. The number of aromatic nitrogens is 1. The highest BCUT2D eigenvalue weighted by Gasteiger charge is 2.50. The maximum absolute atomic E-state index is 15.2. The van der Waals surface area contributed by atoms with E-state index in [1.807, 2.05) is 72.4 Å². The van der Waals surface area contributed by atoms with Crippen LogP contribution in [0.3, 0.4) is 0 Å². The second kappa shape index (κ2) is 13.6. The van der Waals surface area contributed by atoms with Gasteiger partial charge in [-0.25, -0.2) is 4.98 Å². The number of benzene rings is 9. The molecular formula is C56H36NOPS. The van der Waals surface area contributed by atoms with Gasteiger partial charge in [-0.2, -0.15) is 0 Å². The van der Waals surface area contributed by atoms with Crippen LogP contribution in [-0.2, 0) is 9.98 Å². The zero-order valence-electron chi connectivity index (χ0n) is 32.5. The average molecular weight is 802 g/mol. The molecule has 0 bridgehead atoms. The third kappa shape index (κ3) is 5.03. The molecule has 0 unspecified atom stereocenters. The first-order valence-electron chi connectivity index (χ1n) is 20.4. The maximum Gasteiger partial charge on any atom is 0.171 e. The van der Waals surface area contributed by atoms with Crippen molar-refractivity contribution in [3.63, 3.8) is 0 Å². The van der Waals surface area contributed by atoms with Crippen LogP contribution in [-0.4, -0.2) is 4.98 Å². The van der Waals surface area contributed by atoms with Gasteiger partial charge < -0.3 is 4.57 Å². The number of rotatable bonds is 5. The van der Waals surface area contributed by atoms with E-state index in [4.69, 9.17) is 4.98 Å². The number of pyridine rings is 1. The first-order chi connectivity index (χ1) is 29.6. The van der Waals surface area contributed by atoms with Crippen LogP contribution in [0.2, 0.25) is 0 Å². The molecule has 1 aliphatic carbocycles. The summed E-state index contributed by atoms with van der Waals surface area (Å²) in [4.78, 5) is 8.02. The summed E-state index contributed by atoms with van der Waals surface area (Å²) in [7, 11) is -3.11. The average Bonchev–Trinajstić information content (AvgIpc) is 3.62. The van der Waals surface area contributed by atoms with E-state index >= 15 is 4.57 Å². The van der Waals surface area contributed by atoms with E-state index < -0.39 is 12.6 Å². The zero-order chi connectivity index (χ0) is 39.8. The van der Waals surface area contributed by atoms with Gasteiger partial charge in [0.2, 0.25) is 0 Å². The van der Waals surface area contributed by atoms with Crippen LogP contribution in [0.5, 0.6) is 0 Å². The van der Waals surface area contributed by atoms with Crippen molar-refractivity contribution in [2.24, 2.45) is 0 Å². The Morgan fingerprint density at radius 3 is 1.60 bits per heavy atom. The Kier molecular flexibility index (Phi) is 8.00. The van der Waals surface area contributed by atoms with E-state index in [0.717, 1.165) is 54.6 Å². The Morgan fingerprint density at radius 2 is 0.950 bits per heavy atom. The Morgan fingerprint density at radius 1 is 0.417 bits per heavy atom. The summed E-state index contributed by atoms with van der Waals surface area (Å²) in [5.41, 5.74) is 12.5. The third-order valence-electron chi connectivity index (χ3n) is 12.6.